The molecule has 13 heavy (non-hydrogen) atoms. The van der Waals surface area contributed by atoms with E-state index >= 15 is 0 Å². The van der Waals surface area contributed by atoms with Crippen LogP contribution in [-0.2, 0) is 4.74 Å². The number of hydrogen-bond donors (Lipinski definition) is 2. The highest BCUT2D eigenvalue weighted by Gasteiger charge is 2.09. The van der Waals surface area contributed by atoms with E-state index in [1.165, 1.54) is 0 Å². The second-order valence-electron chi connectivity index (χ2n) is 4.33. The molecule has 0 spiro atoms. The number of aliphatic hydroxyl groups excluding tert-OH is 1. The first-order valence-corrected chi connectivity index (χ1v) is 4.94. The summed E-state index contributed by atoms with van der Waals surface area (Å²) in [5, 5.41) is 11.9. The van der Waals surface area contributed by atoms with E-state index < -0.39 is 0 Å². The normalized spacial score (nSPS) is 14.5. The molecule has 0 aliphatic heterocycles. The maximum absolute atomic E-state index is 8.65. The second-order valence-corrected chi connectivity index (χ2v) is 4.33. The summed E-state index contributed by atoms with van der Waals surface area (Å²) in [7, 11) is 0. The molecule has 0 radical (unpaired) electrons. The lowest BCUT2D eigenvalue weighted by Gasteiger charge is -2.20. The average molecular weight is 189 g/mol. The van der Waals surface area contributed by atoms with Crippen molar-refractivity contribution in [1.29, 1.82) is 0 Å². The van der Waals surface area contributed by atoms with Crippen molar-refractivity contribution >= 4 is 0 Å². The van der Waals surface area contributed by atoms with Crippen LogP contribution in [0.25, 0.3) is 0 Å². The van der Waals surface area contributed by atoms with Gasteiger partial charge in [-0.1, -0.05) is 0 Å². The quantitative estimate of drug-likeness (QED) is 0.616. The fourth-order valence-electron chi connectivity index (χ4n) is 0.958. The highest BCUT2D eigenvalue weighted by atomic mass is 16.5. The van der Waals surface area contributed by atoms with Crippen LogP contribution in [0.4, 0.5) is 0 Å². The topological polar surface area (TPSA) is 41.5 Å². The Labute approximate surface area is 81.5 Å². The molecule has 1 atom stereocenters. The predicted molar refractivity (Wildman–Crippen MR) is 54.9 cm³/mol. The summed E-state index contributed by atoms with van der Waals surface area (Å²) in [6, 6.07) is 0.369. The summed E-state index contributed by atoms with van der Waals surface area (Å²) in [5.74, 6) is 0. The fraction of sp³-hybridized carbons (Fsp3) is 1.00. The lowest BCUT2D eigenvalue weighted by Crippen LogP contribution is -2.32. The number of hydrogen-bond acceptors (Lipinski definition) is 3. The van der Waals surface area contributed by atoms with Crippen LogP contribution in [0.5, 0.6) is 0 Å². The highest BCUT2D eigenvalue weighted by Crippen LogP contribution is 2.05. The highest BCUT2D eigenvalue weighted by molar-refractivity contribution is 4.62. The SMILES string of the molecule is CC(CCO)NCCOC(C)(C)C. The largest absolute Gasteiger partial charge is 0.396 e. The molecule has 0 bridgehead atoms. The number of aliphatic hydroxyl groups is 1. The molecule has 0 aromatic heterocycles. The van der Waals surface area contributed by atoms with Crippen molar-refractivity contribution in [3.05, 3.63) is 0 Å². The summed E-state index contributed by atoms with van der Waals surface area (Å²) in [4.78, 5) is 0. The van der Waals surface area contributed by atoms with E-state index in [9.17, 15) is 0 Å². The predicted octanol–water partition coefficient (Wildman–Crippen LogP) is 1.16. The Morgan fingerprint density at radius 2 is 2.00 bits per heavy atom. The Kier molecular flexibility index (Phi) is 6.29. The third-order valence-corrected chi connectivity index (χ3v) is 1.69. The van der Waals surface area contributed by atoms with Crippen LogP contribution in [0, 0.1) is 0 Å². The molecule has 0 aliphatic carbocycles. The lowest BCUT2D eigenvalue weighted by atomic mass is 10.2. The van der Waals surface area contributed by atoms with Crippen LogP contribution in [0.3, 0.4) is 0 Å². The van der Waals surface area contributed by atoms with Crippen LogP contribution in [0.2, 0.25) is 0 Å². The van der Waals surface area contributed by atoms with Crippen LogP contribution in [0.1, 0.15) is 34.1 Å². The summed E-state index contributed by atoms with van der Waals surface area (Å²) in [6.45, 7) is 10.0. The molecular weight excluding hydrogens is 166 g/mol. The van der Waals surface area contributed by atoms with Gasteiger partial charge >= 0.3 is 0 Å². The van der Waals surface area contributed by atoms with Crippen molar-refractivity contribution in [1.82, 2.24) is 5.32 Å². The Bertz CT molecular complexity index is 121. The van der Waals surface area contributed by atoms with Crippen molar-refractivity contribution in [2.45, 2.75) is 45.8 Å². The Hall–Kier alpha value is -0.120. The second kappa shape index (κ2) is 6.35. The van der Waals surface area contributed by atoms with E-state index in [-0.39, 0.29) is 12.2 Å². The van der Waals surface area contributed by atoms with Gasteiger partial charge in [0.2, 0.25) is 0 Å². The van der Waals surface area contributed by atoms with Gasteiger partial charge in [-0.15, -0.1) is 0 Å². The molecule has 0 fully saturated rings. The molecule has 0 heterocycles. The minimum atomic E-state index is -0.0537. The molecule has 80 valence electrons. The molecule has 0 aromatic rings. The zero-order valence-corrected chi connectivity index (χ0v) is 9.26. The molecule has 0 rings (SSSR count). The van der Waals surface area contributed by atoms with E-state index in [0.717, 1.165) is 19.6 Å². The first-order valence-electron chi connectivity index (χ1n) is 4.94. The third kappa shape index (κ3) is 9.80. The first kappa shape index (κ1) is 12.9. The van der Waals surface area contributed by atoms with E-state index in [1.807, 2.05) is 20.8 Å². The first-order chi connectivity index (χ1) is 5.95. The van der Waals surface area contributed by atoms with Gasteiger partial charge in [0, 0.05) is 19.2 Å². The summed E-state index contributed by atoms with van der Waals surface area (Å²) in [6.07, 6.45) is 0.801. The van der Waals surface area contributed by atoms with Crippen LogP contribution in [-0.4, -0.2) is 36.5 Å². The van der Waals surface area contributed by atoms with E-state index in [0.29, 0.717) is 6.04 Å². The molecule has 0 aromatic carbocycles. The van der Waals surface area contributed by atoms with Crippen LogP contribution in [0.15, 0.2) is 0 Å². The smallest absolute Gasteiger partial charge is 0.0599 e. The van der Waals surface area contributed by atoms with Gasteiger partial charge in [-0.2, -0.15) is 0 Å². The van der Waals surface area contributed by atoms with Gasteiger partial charge in [0.15, 0.2) is 0 Å². The van der Waals surface area contributed by atoms with E-state index in [1.54, 1.807) is 0 Å². The summed E-state index contributed by atoms with van der Waals surface area (Å²) in [5.41, 5.74) is -0.0537. The molecular formula is C10H23NO2. The van der Waals surface area contributed by atoms with Gasteiger partial charge in [-0.3, -0.25) is 0 Å². The van der Waals surface area contributed by atoms with Gasteiger partial charge in [-0.05, 0) is 34.1 Å². The van der Waals surface area contributed by atoms with Crippen LogP contribution >= 0.6 is 0 Å². The van der Waals surface area contributed by atoms with Gasteiger partial charge in [0.05, 0.1) is 12.2 Å². The summed E-state index contributed by atoms with van der Waals surface area (Å²) < 4.78 is 5.53. The third-order valence-electron chi connectivity index (χ3n) is 1.69. The molecule has 0 saturated heterocycles. The Balaban J connectivity index is 3.25. The molecule has 2 N–H and O–H groups in total. The number of rotatable bonds is 6. The van der Waals surface area contributed by atoms with Gasteiger partial charge in [-0.25, -0.2) is 0 Å². The van der Waals surface area contributed by atoms with E-state index in [2.05, 4.69) is 12.2 Å². The van der Waals surface area contributed by atoms with Crippen molar-refractivity contribution < 1.29 is 9.84 Å². The van der Waals surface area contributed by atoms with Crippen molar-refractivity contribution in [2.75, 3.05) is 19.8 Å². The zero-order valence-electron chi connectivity index (χ0n) is 9.26. The molecule has 3 heteroatoms. The molecule has 0 saturated carbocycles. The monoisotopic (exact) mass is 189 g/mol. The van der Waals surface area contributed by atoms with Crippen molar-refractivity contribution in [3.63, 3.8) is 0 Å². The molecule has 0 aliphatic rings. The van der Waals surface area contributed by atoms with Gasteiger partial charge < -0.3 is 15.2 Å². The molecule has 0 amide bonds. The van der Waals surface area contributed by atoms with Gasteiger partial charge in [0.25, 0.3) is 0 Å². The minimum Gasteiger partial charge on any atom is -0.396 e. The minimum absolute atomic E-state index is 0.0537. The average Bonchev–Trinajstić information content (AvgIpc) is 1.97. The fourth-order valence-corrected chi connectivity index (χ4v) is 0.958. The molecule has 3 nitrogen and oxygen atoms in total. The number of nitrogens with one attached hydrogen (secondary N) is 1. The summed E-state index contributed by atoms with van der Waals surface area (Å²) >= 11 is 0. The maximum atomic E-state index is 8.65. The lowest BCUT2D eigenvalue weighted by molar-refractivity contribution is -0.00167. The van der Waals surface area contributed by atoms with Gasteiger partial charge in [0.1, 0.15) is 0 Å². The number of ether oxygens (including phenoxy) is 1. The van der Waals surface area contributed by atoms with Crippen molar-refractivity contribution in [2.24, 2.45) is 0 Å². The maximum Gasteiger partial charge on any atom is 0.0599 e. The van der Waals surface area contributed by atoms with E-state index in [4.69, 9.17) is 9.84 Å². The standard InChI is InChI=1S/C10H23NO2/c1-9(5-7-12)11-6-8-13-10(2,3)4/h9,11-12H,5-8H2,1-4H3. The van der Waals surface area contributed by atoms with Crippen LogP contribution < -0.4 is 5.32 Å². The Morgan fingerprint density at radius 1 is 1.38 bits per heavy atom. The van der Waals surface area contributed by atoms with Crippen molar-refractivity contribution in [3.8, 4) is 0 Å². The zero-order chi connectivity index (χ0) is 10.3. The molecule has 1 unspecified atom stereocenters. The Morgan fingerprint density at radius 3 is 2.46 bits per heavy atom.